The molecule has 1 aromatic rings. The lowest BCUT2D eigenvalue weighted by atomic mass is 9.88. The van der Waals surface area contributed by atoms with E-state index in [0.717, 1.165) is 26.1 Å². The van der Waals surface area contributed by atoms with E-state index in [1.807, 2.05) is 12.4 Å². The molecule has 1 saturated heterocycles. The van der Waals surface area contributed by atoms with Crippen LogP contribution in [0.15, 0.2) is 24.5 Å². The predicted octanol–water partition coefficient (Wildman–Crippen LogP) is 2.11. The Hall–Kier alpha value is -0.970. The molecule has 0 amide bonds. The summed E-state index contributed by atoms with van der Waals surface area (Å²) >= 11 is 0. The van der Waals surface area contributed by atoms with Crippen molar-refractivity contribution in [3.05, 3.63) is 30.1 Å². The Kier molecular flexibility index (Phi) is 5.73. The van der Waals surface area contributed by atoms with Crippen LogP contribution in [0.2, 0.25) is 0 Å². The second-order valence-corrected chi connectivity index (χ2v) is 6.62. The van der Waals surface area contributed by atoms with Crippen molar-refractivity contribution in [2.45, 2.75) is 51.2 Å². The summed E-state index contributed by atoms with van der Waals surface area (Å²) in [5, 5.41) is 0. The number of hydrogen-bond donors (Lipinski definition) is 1. The van der Waals surface area contributed by atoms with Gasteiger partial charge in [-0.25, -0.2) is 0 Å². The van der Waals surface area contributed by atoms with E-state index < -0.39 is 0 Å². The average molecular weight is 290 g/mol. The van der Waals surface area contributed by atoms with Gasteiger partial charge in [0.2, 0.25) is 0 Å². The topological polar surface area (TPSA) is 45.4 Å². The molecule has 2 N–H and O–H groups in total. The monoisotopic (exact) mass is 290 g/mol. The van der Waals surface area contributed by atoms with Crippen molar-refractivity contribution in [1.29, 1.82) is 0 Å². The maximum absolute atomic E-state index is 6.21. The molecule has 1 atom stereocenters. The van der Waals surface area contributed by atoms with Crippen molar-refractivity contribution in [3.63, 3.8) is 0 Å². The van der Waals surface area contributed by atoms with E-state index in [4.69, 9.17) is 5.73 Å². The number of aromatic nitrogens is 1. The molecule has 1 aliphatic heterocycles. The molecule has 1 aromatic heterocycles. The number of likely N-dealkylation sites (N-methyl/N-ethyl adjacent to an activating group) is 1. The molecule has 0 saturated carbocycles. The first-order valence-corrected chi connectivity index (χ1v) is 8.12. The molecule has 0 aliphatic carbocycles. The molecule has 4 nitrogen and oxygen atoms in total. The van der Waals surface area contributed by atoms with Gasteiger partial charge in [0.15, 0.2) is 0 Å². The third kappa shape index (κ3) is 4.02. The number of nitrogens with zero attached hydrogens (tertiary/aromatic N) is 3. The Morgan fingerprint density at radius 3 is 2.62 bits per heavy atom. The molecular weight excluding hydrogens is 260 g/mol. The van der Waals surface area contributed by atoms with Crippen LogP contribution < -0.4 is 5.73 Å². The Bertz CT molecular complexity index is 420. The van der Waals surface area contributed by atoms with Gasteiger partial charge < -0.3 is 10.6 Å². The van der Waals surface area contributed by atoms with Crippen LogP contribution >= 0.6 is 0 Å². The molecule has 2 heterocycles. The summed E-state index contributed by atoms with van der Waals surface area (Å²) in [4.78, 5) is 9.14. The van der Waals surface area contributed by atoms with Gasteiger partial charge in [-0.15, -0.1) is 0 Å². The summed E-state index contributed by atoms with van der Waals surface area (Å²) in [6.45, 7) is 8.60. The molecule has 4 heteroatoms. The standard InChI is InChI=1S/C17H30N4/c1-15(2)21-11-4-7-17(14-18,8-12-21)20(3)13-16-5-9-19-10-6-16/h5-6,9-10,15H,4,7-8,11-14,18H2,1-3H3. The fourth-order valence-electron chi connectivity index (χ4n) is 3.39. The minimum atomic E-state index is 0.132. The largest absolute Gasteiger partial charge is 0.329 e. The third-order valence-corrected chi connectivity index (χ3v) is 5.04. The van der Waals surface area contributed by atoms with Gasteiger partial charge >= 0.3 is 0 Å². The number of hydrogen-bond acceptors (Lipinski definition) is 4. The van der Waals surface area contributed by atoms with Gasteiger partial charge in [0, 0.05) is 43.6 Å². The van der Waals surface area contributed by atoms with Gasteiger partial charge in [0.05, 0.1) is 0 Å². The highest BCUT2D eigenvalue weighted by molar-refractivity contribution is 5.10. The van der Waals surface area contributed by atoms with Crippen LogP contribution in [-0.2, 0) is 6.54 Å². The second-order valence-electron chi connectivity index (χ2n) is 6.62. The fourth-order valence-corrected chi connectivity index (χ4v) is 3.39. The predicted molar refractivity (Wildman–Crippen MR) is 88.0 cm³/mol. The molecule has 21 heavy (non-hydrogen) atoms. The highest BCUT2D eigenvalue weighted by Gasteiger charge is 2.35. The lowest BCUT2D eigenvalue weighted by Gasteiger charge is -2.41. The molecular formula is C17H30N4. The maximum atomic E-state index is 6.21. The zero-order chi connectivity index (χ0) is 15.3. The number of rotatable bonds is 5. The van der Waals surface area contributed by atoms with Gasteiger partial charge in [-0.05, 0) is 64.4 Å². The Labute approximate surface area is 129 Å². The Morgan fingerprint density at radius 2 is 2.00 bits per heavy atom. The van der Waals surface area contributed by atoms with Crippen molar-refractivity contribution < 1.29 is 0 Å². The van der Waals surface area contributed by atoms with E-state index in [-0.39, 0.29) is 5.54 Å². The van der Waals surface area contributed by atoms with Crippen LogP contribution in [0.25, 0.3) is 0 Å². The first-order valence-electron chi connectivity index (χ1n) is 8.12. The molecule has 1 unspecified atom stereocenters. The van der Waals surface area contributed by atoms with Gasteiger partial charge in [-0.3, -0.25) is 9.88 Å². The first kappa shape index (κ1) is 16.4. The van der Waals surface area contributed by atoms with Crippen LogP contribution in [0.1, 0.15) is 38.7 Å². The van der Waals surface area contributed by atoms with Crippen molar-refractivity contribution in [2.75, 3.05) is 26.7 Å². The summed E-state index contributed by atoms with van der Waals surface area (Å²) in [6.07, 6.45) is 7.31. The lowest BCUT2D eigenvalue weighted by molar-refractivity contribution is 0.0974. The van der Waals surface area contributed by atoms with Crippen LogP contribution in [0.5, 0.6) is 0 Å². The van der Waals surface area contributed by atoms with Gasteiger partial charge in [0.25, 0.3) is 0 Å². The van der Waals surface area contributed by atoms with Crippen molar-refractivity contribution >= 4 is 0 Å². The van der Waals surface area contributed by atoms with Gasteiger partial charge in [-0.1, -0.05) is 0 Å². The number of pyridine rings is 1. The summed E-state index contributed by atoms with van der Waals surface area (Å²) < 4.78 is 0. The highest BCUT2D eigenvalue weighted by atomic mass is 15.2. The van der Waals surface area contributed by atoms with Crippen LogP contribution in [0.3, 0.4) is 0 Å². The van der Waals surface area contributed by atoms with E-state index in [1.54, 1.807) is 0 Å². The Balaban J connectivity index is 2.06. The summed E-state index contributed by atoms with van der Waals surface area (Å²) in [6, 6.07) is 4.82. The van der Waals surface area contributed by atoms with Crippen molar-refractivity contribution in [3.8, 4) is 0 Å². The molecule has 0 spiro atoms. The quantitative estimate of drug-likeness (QED) is 0.902. The second kappa shape index (κ2) is 7.34. The van der Waals surface area contributed by atoms with Gasteiger partial charge in [0.1, 0.15) is 0 Å². The van der Waals surface area contributed by atoms with E-state index in [2.05, 4.69) is 47.8 Å². The summed E-state index contributed by atoms with van der Waals surface area (Å²) in [5.74, 6) is 0. The van der Waals surface area contributed by atoms with E-state index in [0.29, 0.717) is 6.04 Å². The van der Waals surface area contributed by atoms with E-state index in [9.17, 15) is 0 Å². The molecule has 0 aromatic carbocycles. The molecule has 0 bridgehead atoms. The third-order valence-electron chi connectivity index (χ3n) is 5.04. The smallest absolute Gasteiger partial charge is 0.0344 e. The minimum absolute atomic E-state index is 0.132. The number of likely N-dealkylation sites (tertiary alicyclic amines) is 1. The summed E-state index contributed by atoms with van der Waals surface area (Å²) in [5.41, 5.74) is 7.65. The van der Waals surface area contributed by atoms with Crippen LogP contribution in [0, 0.1) is 0 Å². The molecule has 1 fully saturated rings. The van der Waals surface area contributed by atoms with Gasteiger partial charge in [-0.2, -0.15) is 0 Å². The normalized spacial score (nSPS) is 24.5. The van der Waals surface area contributed by atoms with Crippen LogP contribution in [-0.4, -0.2) is 53.0 Å². The lowest BCUT2D eigenvalue weighted by Crippen LogP contribution is -2.52. The van der Waals surface area contributed by atoms with Crippen LogP contribution in [0.4, 0.5) is 0 Å². The zero-order valence-electron chi connectivity index (χ0n) is 13.8. The van der Waals surface area contributed by atoms with E-state index >= 15 is 0 Å². The molecule has 0 radical (unpaired) electrons. The first-order chi connectivity index (χ1) is 10.1. The van der Waals surface area contributed by atoms with E-state index in [1.165, 1.54) is 24.9 Å². The minimum Gasteiger partial charge on any atom is -0.329 e. The highest BCUT2D eigenvalue weighted by Crippen LogP contribution is 2.29. The van der Waals surface area contributed by atoms with Crippen molar-refractivity contribution in [2.24, 2.45) is 5.73 Å². The number of nitrogens with two attached hydrogens (primary N) is 1. The molecule has 118 valence electrons. The SMILES string of the molecule is CC(C)N1CCCC(CN)(N(C)Cc2ccncc2)CC1. The zero-order valence-corrected chi connectivity index (χ0v) is 13.8. The average Bonchev–Trinajstić information content (AvgIpc) is 2.71. The maximum Gasteiger partial charge on any atom is 0.0344 e. The van der Waals surface area contributed by atoms with Crippen molar-refractivity contribution in [1.82, 2.24) is 14.8 Å². The molecule has 1 aliphatic rings. The summed E-state index contributed by atoms with van der Waals surface area (Å²) in [7, 11) is 2.22. The molecule has 2 rings (SSSR count). The fraction of sp³-hybridized carbons (Fsp3) is 0.706. The Morgan fingerprint density at radius 1 is 1.29 bits per heavy atom.